The maximum Gasteiger partial charge on any atom is 0.330 e. The van der Waals surface area contributed by atoms with Gasteiger partial charge in [-0.15, -0.1) is 0 Å². The molecule has 3 nitrogen and oxygen atoms in total. The Hall–Kier alpha value is -1.61. The molecular weight excluding hydrogens is 228 g/mol. The van der Waals surface area contributed by atoms with Crippen molar-refractivity contribution in [2.45, 2.75) is 6.92 Å². The van der Waals surface area contributed by atoms with Crippen LogP contribution in [0.25, 0.3) is 6.08 Å². The van der Waals surface area contributed by atoms with E-state index in [0.717, 1.165) is 0 Å². The zero-order valence-electron chi connectivity index (χ0n) is 8.77. The molecule has 0 aliphatic carbocycles. The Morgan fingerprint density at radius 2 is 2.06 bits per heavy atom. The topological polar surface area (TPSA) is 43.4 Å². The summed E-state index contributed by atoms with van der Waals surface area (Å²) in [6.07, 6.45) is 2.77. The van der Waals surface area contributed by atoms with Crippen LogP contribution in [0.15, 0.2) is 30.3 Å². The van der Waals surface area contributed by atoms with Crippen LogP contribution >= 0.6 is 11.6 Å². The fraction of sp³-hybridized carbons (Fsp3) is 0.167. The number of carbonyl (C=O) groups is 2. The van der Waals surface area contributed by atoms with E-state index >= 15 is 0 Å². The predicted octanol–water partition coefficient (Wildman–Crippen LogP) is 2.64. The summed E-state index contributed by atoms with van der Waals surface area (Å²) >= 11 is 5.40. The molecule has 0 saturated heterocycles. The summed E-state index contributed by atoms with van der Waals surface area (Å²) in [5.74, 6) is -0.445. The Kier molecular flexibility index (Phi) is 4.73. The van der Waals surface area contributed by atoms with Gasteiger partial charge in [-0.05, 0) is 36.2 Å². The monoisotopic (exact) mass is 238 g/mol. The largest absolute Gasteiger partial charge is 0.463 e. The molecule has 1 aromatic carbocycles. The average molecular weight is 239 g/mol. The van der Waals surface area contributed by atoms with Crippen LogP contribution in [0.5, 0.6) is 0 Å². The van der Waals surface area contributed by atoms with E-state index in [9.17, 15) is 9.59 Å². The van der Waals surface area contributed by atoms with E-state index < -0.39 is 11.2 Å². The molecule has 0 atom stereocenters. The highest BCUT2D eigenvalue weighted by Crippen LogP contribution is 2.13. The van der Waals surface area contributed by atoms with Crippen molar-refractivity contribution < 1.29 is 14.3 Å². The lowest BCUT2D eigenvalue weighted by molar-refractivity contribution is -0.137. The maximum atomic E-state index is 11.1. The van der Waals surface area contributed by atoms with E-state index in [1.54, 1.807) is 31.2 Å². The predicted molar refractivity (Wildman–Crippen MR) is 62.3 cm³/mol. The first kappa shape index (κ1) is 12.5. The Bertz CT molecular complexity index is 424. The molecule has 16 heavy (non-hydrogen) atoms. The lowest BCUT2D eigenvalue weighted by Gasteiger charge is -1.99. The molecule has 1 rings (SSSR count). The first-order chi connectivity index (χ1) is 7.65. The van der Waals surface area contributed by atoms with Crippen LogP contribution in [0.2, 0.25) is 0 Å². The number of rotatable bonds is 4. The van der Waals surface area contributed by atoms with Crippen LogP contribution in [0, 0.1) is 0 Å². The van der Waals surface area contributed by atoms with Crippen molar-refractivity contribution in [3.8, 4) is 0 Å². The van der Waals surface area contributed by atoms with Gasteiger partial charge in [0.05, 0.1) is 6.61 Å². The highest BCUT2D eigenvalue weighted by molar-refractivity contribution is 6.68. The van der Waals surface area contributed by atoms with Crippen LogP contribution in [-0.4, -0.2) is 17.8 Å². The molecule has 0 aromatic heterocycles. The van der Waals surface area contributed by atoms with Crippen molar-refractivity contribution in [2.75, 3.05) is 6.61 Å². The maximum absolute atomic E-state index is 11.1. The van der Waals surface area contributed by atoms with Gasteiger partial charge >= 0.3 is 5.97 Å². The molecule has 0 bridgehead atoms. The summed E-state index contributed by atoms with van der Waals surface area (Å²) < 4.78 is 4.72. The van der Waals surface area contributed by atoms with Crippen molar-refractivity contribution in [2.24, 2.45) is 0 Å². The number of hydrogen-bond donors (Lipinski definition) is 0. The van der Waals surface area contributed by atoms with Gasteiger partial charge < -0.3 is 4.74 Å². The quantitative estimate of drug-likeness (QED) is 0.460. The third kappa shape index (κ3) is 3.51. The minimum atomic E-state index is -0.552. The molecule has 0 amide bonds. The Morgan fingerprint density at radius 1 is 1.38 bits per heavy atom. The normalized spacial score (nSPS) is 10.4. The molecular formula is C12H11ClO3. The molecule has 84 valence electrons. The van der Waals surface area contributed by atoms with Crippen molar-refractivity contribution >= 4 is 28.9 Å². The number of halogens is 1. The fourth-order valence-corrected chi connectivity index (χ4v) is 1.34. The summed E-state index contributed by atoms with van der Waals surface area (Å²) in [4.78, 5) is 22.1. The van der Waals surface area contributed by atoms with Gasteiger partial charge in [0.25, 0.3) is 5.24 Å². The average Bonchev–Trinajstić information content (AvgIpc) is 2.27. The third-order valence-corrected chi connectivity index (χ3v) is 2.06. The lowest BCUT2D eigenvalue weighted by atomic mass is 10.1. The number of benzene rings is 1. The van der Waals surface area contributed by atoms with E-state index in [4.69, 9.17) is 16.3 Å². The van der Waals surface area contributed by atoms with Crippen molar-refractivity contribution in [3.05, 3.63) is 41.5 Å². The van der Waals surface area contributed by atoms with E-state index in [-0.39, 0.29) is 0 Å². The molecule has 0 aliphatic heterocycles. The summed E-state index contributed by atoms with van der Waals surface area (Å²) in [6.45, 7) is 2.04. The second-order valence-corrected chi connectivity index (χ2v) is 3.29. The van der Waals surface area contributed by atoms with Crippen LogP contribution in [0.4, 0.5) is 0 Å². The van der Waals surface area contributed by atoms with Gasteiger partial charge in [0.15, 0.2) is 0 Å². The molecule has 1 aromatic rings. The van der Waals surface area contributed by atoms with Gasteiger partial charge in [-0.3, -0.25) is 4.79 Å². The second kappa shape index (κ2) is 6.08. The third-order valence-electron chi connectivity index (χ3n) is 1.86. The molecule has 0 spiro atoms. The Labute approximate surface area is 98.7 Å². The molecule has 0 N–H and O–H groups in total. The summed E-state index contributed by atoms with van der Waals surface area (Å²) in [7, 11) is 0. The summed E-state index contributed by atoms with van der Waals surface area (Å²) in [6, 6.07) is 6.76. The van der Waals surface area contributed by atoms with E-state index in [1.807, 2.05) is 0 Å². The molecule has 0 fully saturated rings. The van der Waals surface area contributed by atoms with E-state index in [0.29, 0.717) is 17.7 Å². The smallest absolute Gasteiger partial charge is 0.330 e. The zero-order valence-corrected chi connectivity index (χ0v) is 9.53. The molecule has 0 unspecified atom stereocenters. The minimum absolute atomic E-state index is 0.319. The van der Waals surface area contributed by atoms with Gasteiger partial charge in [0, 0.05) is 11.6 Å². The van der Waals surface area contributed by atoms with Crippen LogP contribution in [0.1, 0.15) is 22.8 Å². The highest BCUT2D eigenvalue weighted by Gasteiger charge is 2.05. The molecule has 0 saturated carbocycles. The van der Waals surface area contributed by atoms with Crippen LogP contribution in [-0.2, 0) is 9.53 Å². The minimum Gasteiger partial charge on any atom is -0.463 e. The number of ether oxygens (including phenoxy) is 1. The standard InChI is InChI=1S/C12H11ClO3/c1-2-16-11(14)8-7-9-5-3-4-6-10(9)12(13)15/h3-8H,2H2,1H3/b8-7+. The van der Waals surface area contributed by atoms with Gasteiger partial charge in [-0.2, -0.15) is 0 Å². The molecule has 0 aliphatic rings. The molecule has 0 radical (unpaired) electrons. The van der Waals surface area contributed by atoms with E-state index in [1.165, 1.54) is 12.2 Å². The van der Waals surface area contributed by atoms with Crippen molar-refractivity contribution in [3.63, 3.8) is 0 Å². The Morgan fingerprint density at radius 3 is 2.69 bits per heavy atom. The van der Waals surface area contributed by atoms with Gasteiger partial charge in [0.2, 0.25) is 0 Å². The number of esters is 1. The fourth-order valence-electron chi connectivity index (χ4n) is 1.17. The van der Waals surface area contributed by atoms with Gasteiger partial charge in [-0.1, -0.05) is 18.2 Å². The van der Waals surface area contributed by atoms with Crippen LogP contribution in [0.3, 0.4) is 0 Å². The lowest BCUT2D eigenvalue weighted by Crippen LogP contribution is -1.99. The first-order valence-electron chi connectivity index (χ1n) is 4.79. The van der Waals surface area contributed by atoms with Crippen molar-refractivity contribution in [1.82, 2.24) is 0 Å². The Balaban J connectivity index is 2.88. The van der Waals surface area contributed by atoms with Gasteiger partial charge in [-0.25, -0.2) is 4.79 Å². The summed E-state index contributed by atoms with van der Waals surface area (Å²) in [5.41, 5.74) is 0.959. The first-order valence-corrected chi connectivity index (χ1v) is 5.16. The number of hydrogen-bond acceptors (Lipinski definition) is 3. The molecule has 4 heteroatoms. The van der Waals surface area contributed by atoms with Gasteiger partial charge in [0.1, 0.15) is 0 Å². The SMILES string of the molecule is CCOC(=O)/C=C/c1ccccc1C(=O)Cl. The zero-order chi connectivity index (χ0) is 12.0. The van der Waals surface area contributed by atoms with Crippen molar-refractivity contribution in [1.29, 1.82) is 0 Å². The van der Waals surface area contributed by atoms with Crippen LogP contribution < -0.4 is 0 Å². The van der Waals surface area contributed by atoms with E-state index in [2.05, 4.69) is 0 Å². The second-order valence-electron chi connectivity index (χ2n) is 2.95. The summed E-state index contributed by atoms with van der Waals surface area (Å²) in [5, 5.41) is -0.552. The number of carbonyl (C=O) groups excluding carboxylic acids is 2. The molecule has 0 heterocycles. The highest BCUT2D eigenvalue weighted by atomic mass is 35.5.